The first-order chi connectivity index (χ1) is 9.18. The second kappa shape index (κ2) is 7.43. The van der Waals surface area contributed by atoms with E-state index in [1.54, 1.807) is 57.0 Å². The van der Waals surface area contributed by atoms with Crippen molar-refractivity contribution >= 4 is 34.8 Å². The third kappa shape index (κ3) is 3.20. The number of halogens is 3. The largest absolute Gasteiger partial charge is 0.412 e. The van der Waals surface area contributed by atoms with Gasteiger partial charge in [0.15, 0.2) is 4.33 Å². The third-order valence-electron chi connectivity index (χ3n) is 4.34. The highest BCUT2D eigenvalue weighted by Gasteiger charge is 2.77. The molecule has 2 atom stereocenters. The Hall–Kier alpha value is 0.550. The molecule has 2 unspecified atom stereocenters. The molecule has 1 fully saturated rings. The molecule has 1 rings (SSSR count). The lowest BCUT2D eigenvalue weighted by Gasteiger charge is -2.65. The van der Waals surface area contributed by atoms with Crippen LogP contribution in [0.2, 0.25) is 0 Å². The Morgan fingerprint density at radius 3 is 1.43 bits per heavy atom. The van der Waals surface area contributed by atoms with E-state index >= 15 is 0 Å². The average molecular weight is 401 g/mol. The van der Waals surface area contributed by atoms with E-state index in [4.69, 9.17) is 34.8 Å². The minimum Gasteiger partial charge on any atom is -0.412 e. The second-order valence-electron chi connectivity index (χ2n) is 6.21. The maximum Gasteiger partial charge on any atom is 0.229 e. The molecule has 142 valence electrons. The van der Waals surface area contributed by atoms with Gasteiger partial charge >= 0.3 is 0 Å². The van der Waals surface area contributed by atoms with Gasteiger partial charge in [-0.25, -0.2) is 0 Å². The summed E-state index contributed by atoms with van der Waals surface area (Å²) in [6.45, 7) is 0. The first-order valence-electron chi connectivity index (χ1n) is 6.43. The van der Waals surface area contributed by atoms with Gasteiger partial charge in [-0.15, -0.1) is 0 Å². The van der Waals surface area contributed by atoms with E-state index in [1.165, 1.54) is 0 Å². The molecule has 0 aromatic heterocycles. The van der Waals surface area contributed by atoms with E-state index in [-0.39, 0.29) is 17.4 Å². The predicted molar refractivity (Wildman–Crippen MR) is 91.8 cm³/mol. The summed E-state index contributed by atoms with van der Waals surface area (Å²) in [5, 5.41) is 28.2. The third-order valence-corrected chi connectivity index (χ3v) is 6.22. The summed E-state index contributed by atoms with van der Waals surface area (Å²) in [5.41, 5.74) is -1.18. The first kappa shape index (κ1) is 25.8. The highest BCUT2D eigenvalue weighted by atomic mass is 35.5. The molecule has 0 aromatic carbocycles. The van der Waals surface area contributed by atoms with Gasteiger partial charge in [0.25, 0.3) is 0 Å². The number of aliphatic hydroxyl groups is 3. The summed E-state index contributed by atoms with van der Waals surface area (Å²) in [7, 11) is 10.5. The van der Waals surface area contributed by atoms with Crippen LogP contribution in [0.15, 0.2) is 0 Å². The Morgan fingerprint density at radius 2 is 1.17 bits per heavy atom. The topological polar surface area (TPSA) is 133 Å². The molecule has 11 heteroatoms. The molecule has 23 heavy (non-hydrogen) atoms. The van der Waals surface area contributed by atoms with Gasteiger partial charge in [-0.05, 0) is 42.3 Å². The zero-order valence-corrected chi connectivity index (χ0v) is 16.4. The number of hydrogen-bond acceptors (Lipinski definition) is 6. The monoisotopic (exact) mass is 399 g/mol. The van der Waals surface area contributed by atoms with Crippen molar-refractivity contribution in [3.63, 3.8) is 0 Å². The van der Waals surface area contributed by atoms with Crippen LogP contribution in [0, 0.1) is 0 Å². The number of nitrogens with zero attached hydrogens (tertiary/aromatic N) is 3. The molecule has 0 amide bonds. The van der Waals surface area contributed by atoms with E-state index < -0.39 is 26.9 Å². The van der Waals surface area contributed by atoms with Crippen molar-refractivity contribution < 1.29 is 26.3 Å². The Bertz CT molecular complexity index is 397. The van der Waals surface area contributed by atoms with Crippen molar-refractivity contribution in [3.8, 4) is 0 Å². The molecule has 1 saturated carbocycles. The van der Waals surface area contributed by atoms with Crippen LogP contribution in [0.1, 0.15) is 6.42 Å². The Kier molecular flexibility index (Phi) is 8.33. The fraction of sp³-hybridized carbons (Fsp3) is 1.00. The molecule has 0 saturated heterocycles. The molecular formula is C12H28Cl3N3O5. The van der Waals surface area contributed by atoms with Crippen LogP contribution in [0.5, 0.6) is 0 Å². The minimum absolute atomic E-state index is 0. The van der Waals surface area contributed by atoms with Crippen LogP contribution in [0.25, 0.3) is 0 Å². The lowest BCUT2D eigenvalue weighted by molar-refractivity contribution is -0.302. The lowest BCUT2D eigenvalue weighted by Crippen LogP contribution is -2.85. The molecule has 0 spiro atoms. The van der Waals surface area contributed by atoms with E-state index in [2.05, 4.69) is 0 Å². The molecule has 0 radical (unpaired) electrons. The van der Waals surface area contributed by atoms with E-state index in [0.29, 0.717) is 0 Å². The summed E-state index contributed by atoms with van der Waals surface area (Å²) >= 11 is 18.9. The van der Waals surface area contributed by atoms with Gasteiger partial charge in [0.2, 0.25) is 10.8 Å². The fourth-order valence-electron chi connectivity index (χ4n) is 3.35. The highest BCUT2D eigenvalue weighted by Crippen LogP contribution is 2.59. The first-order valence-corrected chi connectivity index (χ1v) is 7.56. The van der Waals surface area contributed by atoms with Crippen LogP contribution in [0.4, 0.5) is 0 Å². The van der Waals surface area contributed by atoms with Crippen LogP contribution in [0.3, 0.4) is 0 Å². The molecule has 0 heterocycles. The maximum atomic E-state index is 10.5. The number of rotatable bonds is 3. The average Bonchev–Trinajstić information content (AvgIpc) is 2.24. The lowest BCUT2D eigenvalue weighted by atomic mass is 9.75. The van der Waals surface area contributed by atoms with E-state index in [1.807, 2.05) is 0 Å². The van der Waals surface area contributed by atoms with E-state index in [9.17, 15) is 15.3 Å². The van der Waals surface area contributed by atoms with Gasteiger partial charge in [-0.3, -0.25) is 9.80 Å². The fourth-order valence-corrected chi connectivity index (χ4v) is 4.80. The molecule has 0 aromatic rings. The van der Waals surface area contributed by atoms with Gasteiger partial charge in [0, 0.05) is 12.5 Å². The molecule has 0 bridgehead atoms. The van der Waals surface area contributed by atoms with Crippen molar-refractivity contribution in [1.29, 1.82) is 0 Å². The number of likely N-dealkylation sites (N-methyl/N-ethyl adjacent to an activating group) is 3. The maximum absolute atomic E-state index is 10.5. The number of alkyl halides is 3. The number of hydrogen-bond donors (Lipinski definition) is 3. The van der Waals surface area contributed by atoms with Crippen molar-refractivity contribution in [2.45, 2.75) is 33.3 Å². The SMILES string of the molecule is CN(C)C1CC(O)(O)C(O)(Cl)C(Cl)(Cl)C1(N(C)C)N(C)C.O.O. The Morgan fingerprint density at radius 1 is 0.826 bits per heavy atom. The predicted octanol–water partition coefficient (Wildman–Crippen LogP) is -1.73. The molecule has 1 aliphatic rings. The second-order valence-corrected chi connectivity index (χ2v) is 8.09. The van der Waals surface area contributed by atoms with Crippen molar-refractivity contribution in [1.82, 2.24) is 14.7 Å². The normalized spacial score (nSPS) is 31.7. The summed E-state index contributed by atoms with van der Waals surface area (Å²) in [5.74, 6) is -2.65. The van der Waals surface area contributed by atoms with Gasteiger partial charge in [-0.1, -0.05) is 34.8 Å². The molecule has 0 aliphatic heterocycles. The smallest absolute Gasteiger partial charge is 0.229 e. The van der Waals surface area contributed by atoms with Gasteiger partial charge in [-0.2, -0.15) is 0 Å². The highest BCUT2D eigenvalue weighted by molar-refractivity contribution is 6.54. The minimum atomic E-state index is -2.66. The van der Waals surface area contributed by atoms with Gasteiger partial charge < -0.3 is 31.2 Å². The Labute approximate surface area is 151 Å². The van der Waals surface area contributed by atoms with Crippen LogP contribution in [-0.2, 0) is 0 Å². The van der Waals surface area contributed by atoms with Crippen LogP contribution in [-0.4, -0.2) is 110 Å². The standard InChI is InChI=1S/C12H24Cl3N3O3.2H2O/c1-16(2)8-7-9(19,20)12(15,21)11(13,14)10(8,17(3)4)18(5)6;;/h8,19-21H,7H2,1-6H3;2*1H2. The summed E-state index contributed by atoms with van der Waals surface area (Å²) in [6.07, 6.45) is -0.239. The summed E-state index contributed by atoms with van der Waals surface area (Å²) in [4.78, 5) is 5.22. The summed E-state index contributed by atoms with van der Waals surface area (Å²) in [6, 6.07) is -0.522. The summed E-state index contributed by atoms with van der Waals surface area (Å²) < 4.78 is -2.11. The van der Waals surface area contributed by atoms with Crippen LogP contribution < -0.4 is 0 Å². The van der Waals surface area contributed by atoms with Gasteiger partial charge in [0.1, 0.15) is 5.66 Å². The van der Waals surface area contributed by atoms with Crippen molar-refractivity contribution in [2.24, 2.45) is 0 Å². The Balaban J connectivity index is 0. The molecule has 8 nitrogen and oxygen atoms in total. The quantitative estimate of drug-likeness (QED) is 0.381. The zero-order valence-electron chi connectivity index (χ0n) is 14.1. The van der Waals surface area contributed by atoms with Crippen LogP contribution >= 0.6 is 34.8 Å². The zero-order chi connectivity index (χ0) is 17.0. The van der Waals surface area contributed by atoms with Crippen molar-refractivity contribution in [2.75, 3.05) is 42.3 Å². The molecule has 7 N–H and O–H groups in total. The van der Waals surface area contributed by atoms with Gasteiger partial charge in [0.05, 0.1) is 0 Å². The van der Waals surface area contributed by atoms with E-state index in [0.717, 1.165) is 0 Å². The van der Waals surface area contributed by atoms with Crippen molar-refractivity contribution in [3.05, 3.63) is 0 Å². The molecular weight excluding hydrogens is 373 g/mol. The molecule has 1 aliphatic carbocycles.